The summed E-state index contributed by atoms with van der Waals surface area (Å²) < 4.78 is 39.9. The van der Waals surface area contributed by atoms with Crippen LogP contribution in [0.25, 0.3) is 0 Å². The Labute approximate surface area is 300 Å². The molecule has 4 aromatic rings. The van der Waals surface area contributed by atoms with Crippen LogP contribution >= 0.6 is 21.6 Å². The van der Waals surface area contributed by atoms with Crippen molar-refractivity contribution in [2.45, 2.75) is 30.3 Å². The molecule has 1 aliphatic carbocycles. The lowest BCUT2D eigenvalue weighted by molar-refractivity contribution is -0.385. The standard InChI is InChI=1S/C35H34FN7O5S2/c36-31-18-26(40-35(46)30-19-29(30)24-2-1-12-37-20-24)6-3-25(31)21-39-34(45)23-4-7-27(8-5-23)41-13-15-42(16-14-41)33(44)11-17-49-50-32-10-9-28(22-38-32)43(47)48/h1-10,12,18,20,22,29-30H,11,13-17,19,21H2,(H,39,45)(H,40,46)/t29-,30+/m1/s1/i4D,19D2. The van der Waals surface area contributed by atoms with Crippen molar-refractivity contribution in [2.24, 2.45) is 5.92 Å². The fourth-order valence-corrected chi connectivity index (χ4v) is 7.20. The molecule has 258 valence electrons. The van der Waals surface area contributed by atoms with E-state index in [1.54, 1.807) is 47.5 Å². The molecule has 2 aromatic carbocycles. The lowest BCUT2D eigenvalue weighted by Gasteiger charge is -2.36. The Morgan fingerprint density at radius 1 is 1.08 bits per heavy atom. The molecule has 0 unspecified atom stereocenters. The van der Waals surface area contributed by atoms with E-state index in [0.717, 1.165) is 11.8 Å². The molecule has 1 saturated heterocycles. The van der Waals surface area contributed by atoms with Crippen LogP contribution in [-0.4, -0.2) is 69.4 Å². The minimum atomic E-state index is -1.75. The van der Waals surface area contributed by atoms with Crippen LogP contribution in [0.1, 0.15) is 44.3 Å². The highest BCUT2D eigenvalue weighted by Crippen LogP contribution is 2.47. The summed E-state index contributed by atoms with van der Waals surface area (Å²) in [4.78, 5) is 60.7. The second-order valence-corrected chi connectivity index (χ2v) is 13.9. The predicted molar refractivity (Wildman–Crippen MR) is 190 cm³/mol. The van der Waals surface area contributed by atoms with Gasteiger partial charge in [0.15, 0.2) is 0 Å². The zero-order valence-corrected chi connectivity index (χ0v) is 28.2. The number of hydrogen-bond donors (Lipinski definition) is 2. The van der Waals surface area contributed by atoms with Gasteiger partial charge in [0.25, 0.3) is 11.6 Å². The van der Waals surface area contributed by atoms with Gasteiger partial charge in [-0.25, -0.2) is 9.37 Å². The SMILES string of the molecule is [2H]c1cc(N2CCN(C(=O)CCSSc3ccc([N+](=O)[O-])cn3)CC2)ccc1C(=O)NCc1ccc(NC(=O)[C@@H]2[C@@H](c3cccnc3)C2([2H])[2H])cc1F. The number of pyridine rings is 2. The zero-order chi connectivity index (χ0) is 37.7. The molecule has 3 amide bonds. The quantitative estimate of drug-likeness (QED) is 0.0766. The molecule has 6 rings (SSSR count). The highest BCUT2D eigenvalue weighted by molar-refractivity contribution is 8.76. The molecule has 1 aliphatic heterocycles. The summed E-state index contributed by atoms with van der Waals surface area (Å²) in [6, 6.07) is 15.3. The van der Waals surface area contributed by atoms with E-state index < -0.39 is 40.8 Å². The van der Waals surface area contributed by atoms with Crippen LogP contribution in [0.2, 0.25) is 0 Å². The van der Waals surface area contributed by atoms with E-state index in [4.69, 9.17) is 4.11 Å². The number of carbonyl (C=O) groups is 3. The molecular formula is C35H34FN7O5S2. The van der Waals surface area contributed by atoms with E-state index >= 15 is 0 Å². The van der Waals surface area contributed by atoms with Gasteiger partial charge in [-0.15, -0.1) is 0 Å². The number of nitro groups is 1. The number of hydrogen-bond acceptors (Lipinski definition) is 10. The highest BCUT2D eigenvalue weighted by atomic mass is 33.1. The van der Waals surface area contributed by atoms with Crippen molar-refractivity contribution >= 4 is 56.4 Å². The van der Waals surface area contributed by atoms with E-state index in [2.05, 4.69) is 20.6 Å². The molecule has 15 heteroatoms. The summed E-state index contributed by atoms with van der Waals surface area (Å²) in [6.45, 7) is 1.97. The van der Waals surface area contributed by atoms with E-state index in [9.17, 15) is 28.9 Å². The topological polar surface area (TPSA) is 151 Å². The van der Waals surface area contributed by atoms with Crippen molar-refractivity contribution in [1.29, 1.82) is 0 Å². The number of piperazine rings is 1. The van der Waals surface area contributed by atoms with Gasteiger partial charge in [0.05, 0.1) is 6.29 Å². The molecule has 2 aromatic heterocycles. The summed E-state index contributed by atoms with van der Waals surface area (Å²) in [7, 11) is 2.81. The maximum atomic E-state index is 15.0. The first-order chi connectivity index (χ1) is 25.4. The molecule has 1 saturated carbocycles. The van der Waals surface area contributed by atoms with Gasteiger partial charge < -0.3 is 20.4 Å². The molecule has 0 spiro atoms. The molecule has 2 aliphatic rings. The monoisotopic (exact) mass is 718 g/mol. The number of benzene rings is 2. The second kappa shape index (κ2) is 16.1. The lowest BCUT2D eigenvalue weighted by Crippen LogP contribution is -2.48. The van der Waals surface area contributed by atoms with Gasteiger partial charge in [-0.1, -0.05) is 22.9 Å². The molecule has 12 nitrogen and oxygen atoms in total. The van der Waals surface area contributed by atoms with Crippen LogP contribution in [0.4, 0.5) is 21.5 Å². The average molecular weight is 719 g/mol. The van der Waals surface area contributed by atoms with E-state index in [1.165, 1.54) is 52.2 Å². The number of carbonyl (C=O) groups excluding carboxylic acids is 3. The Kier molecular flexibility index (Phi) is 10.00. The Morgan fingerprint density at radius 2 is 1.92 bits per heavy atom. The van der Waals surface area contributed by atoms with Crippen LogP contribution in [0.3, 0.4) is 0 Å². The summed E-state index contributed by atoms with van der Waals surface area (Å²) in [5.74, 6) is -2.77. The normalized spacial score (nSPS) is 18.7. The molecule has 50 heavy (non-hydrogen) atoms. The fraction of sp³-hybridized carbons (Fsp3) is 0.286. The van der Waals surface area contributed by atoms with Crippen molar-refractivity contribution in [3.8, 4) is 0 Å². The number of rotatable bonds is 13. The van der Waals surface area contributed by atoms with E-state index in [0.29, 0.717) is 48.9 Å². The number of anilines is 2. The van der Waals surface area contributed by atoms with Gasteiger partial charge in [-0.05, 0) is 77.2 Å². The molecule has 0 radical (unpaired) electrons. The lowest BCUT2D eigenvalue weighted by atomic mass is 10.1. The zero-order valence-electron chi connectivity index (χ0n) is 29.6. The van der Waals surface area contributed by atoms with Crippen LogP contribution in [0, 0.1) is 21.8 Å². The van der Waals surface area contributed by atoms with E-state index in [-0.39, 0.29) is 41.0 Å². The summed E-state index contributed by atoms with van der Waals surface area (Å²) in [5, 5.41) is 16.6. The van der Waals surface area contributed by atoms with Crippen molar-refractivity contribution in [3.05, 3.63) is 118 Å². The predicted octanol–water partition coefficient (Wildman–Crippen LogP) is 5.68. The molecule has 2 N–H and O–H groups in total. The number of nitrogens with one attached hydrogen (secondary N) is 2. The molecular weight excluding hydrogens is 682 g/mol. The second-order valence-electron chi connectivity index (χ2n) is 11.5. The number of amides is 3. The maximum absolute atomic E-state index is 15.0. The largest absolute Gasteiger partial charge is 0.368 e. The van der Waals surface area contributed by atoms with Gasteiger partial charge in [0.1, 0.15) is 17.0 Å². The Balaban J connectivity index is 0.935. The minimum absolute atomic E-state index is 0.00130. The molecule has 2 fully saturated rings. The first-order valence-electron chi connectivity index (χ1n) is 17.2. The summed E-state index contributed by atoms with van der Waals surface area (Å²) in [5.41, 5.74) is 1.74. The van der Waals surface area contributed by atoms with Gasteiger partial charge in [0, 0.05) is 94.5 Å². The number of nitrogens with zero attached hydrogens (tertiary/aromatic N) is 5. The Bertz CT molecular complexity index is 2010. The van der Waals surface area contributed by atoms with Gasteiger partial charge in [0.2, 0.25) is 11.8 Å². The first-order valence-corrected chi connectivity index (χ1v) is 18.0. The van der Waals surface area contributed by atoms with Crippen molar-refractivity contribution in [3.63, 3.8) is 0 Å². The average Bonchev–Trinajstić information content (AvgIpc) is 3.74. The van der Waals surface area contributed by atoms with Gasteiger partial charge in [-0.2, -0.15) is 0 Å². The van der Waals surface area contributed by atoms with Crippen LogP contribution < -0.4 is 15.5 Å². The van der Waals surface area contributed by atoms with Crippen LogP contribution in [0.15, 0.2) is 90.3 Å². The Hall–Kier alpha value is -5.02. The van der Waals surface area contributed by atoms with Crippen molar-refractivity contribution in [1.82, 2.24) is 20.2 Å². The molecule has 3 heterocycles. The van der Waals surface area contributed by atoms with Crippen LogP contribution in [0.5, 0.6) is 0 Å². The smallest absolute Gasteiger partial charge is 0.287 e. The fourth-order valence-electron chi connectivity index (χ4n) is 5.36. The van der Waals surface area contributed by atoms with Crippen molar-refractivity contribution in [2.75, 3.05) is 42.1 Å². The summed E-state index contributed by atoms with van der Waals surface area (Å²) >= 11 is 0. The highest BCUT2D eigenvalue weighted by Gasteiger charge is 2.44. The first kappa shape index (κ1) is 31.0. The maximum Gasteiger partial charge on any atom is 0.287 e. The minimum Gasteiger partial charge on any atom is -0.368 e. The number of aromatic nitrogens is 2. The summed E-state index contributed by atoms with van der Waals surface area (Å²) in [6.07, 6.45) is 2.89. The third kappa shape index (κ3) is 8.95. The third-order valence-electron chi connectivity index (χ3n) is 8.18. The molecule has 0 bridgehead atoms. The van der Waals surface area contributed by atoms with Crippen molar-refractivity contribution < 1.29 is 27.8 Å². The Morgan fingerprint density at radius 3 is 2.62 bits per heavy atom. The number of halogens is 1. The van der Waals surface area contributed by atoms with Gasteiger partial charge >= 0.3 is 0 Å². The van der Waals surface area contributed by atoms with E-state index in [1.807, 2.05) is 4.90 Å². The molecule has 2 atom stereocenters. The van der Waals surface area contributed by atoms with Gasteiger partial charge in [-0.3, -0.25) is 29.5 Å². The van der Waals surface area contributed by atoms with Crippen LogP contribution in [-0.2, 0) is 16.1 Å². The third-order valence-corrected chi connectivity index (χ3v) is 10.4.